The van der Waals surface area contributed by atoms with Gasteiger partial charge >= 0.3 is 11.9 Å². The first kappa shape index (κ1) is 19.4. The van der Waals surface area contributed by atoms with E-state index in [1.165, 1.54) is 6.08 Å². The fraction of sp³-hybridized carbons (Fsp3) is 0.0588. The fourth-order valence-electron chi connectivity index (χ4n) is 2.32. The van der Waals surface area contributed by atoms with Crippen LogP contribution < -0.4 is 10.4 Å². The van der Waals surface area contributed by atoms with Crippen molar-refractivity contribution >= 4 is 21.8 Å². The average molecular weight is 410 g/mol. The quantitative estimate of drug-likeness (QED) is 0.600. The highest BCUT2D eigenvalue weighted by molar-refractivity contribution is 7.95. The Bertz CT molecular complexity index is 1170. The van der Waals surface area contributed by atoms with Crippen molar-refractivity contribution in [3.63, 3.8) is 0 Å². The van der Waals surface area contributed by atoms with Gasteiger partial charge in [0.05, 0.1) is 16.7 Å². The van der Waals surface area contributed by atoms with Crippen molar-refractivity contribution in [3.05, 3.63) is 75.6 Å². The van der Waals surface area contributed by atoms with Gasteiger partial charge in [0.1, 0.15) is 0 Å². The Hall–Kier alpha value is -3.34. The smallest absolute Gasteiger partial charge is 0.289 e. The predicted molar refractivity (Wildman–Crippen MR) is 97.7 cm³/mol. The third kappa shape index (κ3) is 4.88. The fourth-order valence-corrected chi connectivity index (χ4v) is 3.18. The molecule has 7 nitrogen and oxygen atoms in total. The zero-order valence-electron chi connectivity index (χ0n) is 14.0. The van der Waals surface area contributed by atoms with E-state index < -0.39 is 27.5 Å². The normalized spacial score (nSPS) is 12.4. The zero-order valence-corrected chi connectivity index (χ0v) is 14.8. The maximum Gasteiger partial charge on any atom is 0.416 e. The standard InChI is InChI=1S/C17H13F3N4O3S/c18-17(19,20)13-8-12(15-21-16(25)23-22-15)9-14(10-13)24-28(26,27)7-6-11-4-2-1-3-5-11/h1-10,24H,(H2,21,22,23,25)/b7-6+. The van der Waals surface area contributed by atoms with Crippen LogP contribution in [0.3, 0.4) is 0 Å². The summed E-state index contributed by atoms with van der Waals surface area (Å²) in [6, 6.07) is 11.1. The minimum Gasteiger partial charge on any atom is -0.289 e. The van der Waals surface area contributed by atoms with E-state index in [4.69, 9.17) is 0 Å². The first-order chi connectivity index (χ1) is 13.1. The average Bonchev–Trinajstić information content (AvgIpc) is 3.06. The second-order valence-electron chi connectivity index (χ2n) is 5.68. The number of hydrogen-bond donors (Lipinski definition) is 3. The number of anilines is 1. The number of halogens is 3. The third-order valence-corrected chi connectivity index (χ3v) is 4.55. The van der Waals surface area contributed by atoms with Crippen molar-refractivity contribution < 1.29 is 21.6 Å². The van der Waals surface area contributed by atoms with Crippen molar-refractivity contribution in [1.29, 1.82) is 0 Å². The van der Waals surface area contributed by atoms with Crippen LogP contribution in [-0.4, -0.2) is 23.6 Å². The molecule has 146 valence electrons. The van der Waals surface area contributed by atoms with Crippen molar-refractivity contribution in [3.8, 4) is 11.4 Å². The van der Waals surface area contributed by atoms with Crippen molar-refractivity contribution in [1.82, 2.24) is 15.2 Å². The Morgan fingerprint density at radius 2 is 1.79 bits per heavy atom. The number of H-pyrrole nitrogens is 2. The Kier molecular flexibility index (Phi) is 5.10. The topological polar surface area (TPSA) is 108 Å². The summed E-state index contributed by atoms with van der Waals surface area (Å²) in [7, 11) is -4.09. The van der Waals surface area contributed by atoms with Gasteiger partial charge in [0.25, 0.3) is 10.0 Å². The number of aromatic amines is 2. The van der Waals surface area contributed by atoms with Crippen LogP contribution in [0.5, 0.6) is 0 Å². The van der Waals surface area contributed by atoms with Gasteiger partial charge in [0.15, 0.2) is 5.82 Å². The maximum atomic E-state index is 13.2. The summed E-state index contributed by atoms with van der Waals surface area (Å²) in [6.45, 7) is 0. The molecule has 0 aliphatic carbocycles. The summed E-state index contributed by atoms with van der Waals surface area (Å²) in [5, 5.41) is 6.46. The number of benzene rings is 2. The van der Waals surface area contributed by atoms with Crippen LogP contribution in [-0.2, 0) is 16.2 Å². The van der Waals surface area contributed by atoms with E-state index in [-0.39, 0.29) is 17.1 Å². The summed E-state index contributed by atoms with van der Waals surface area (Å²) in [5.41, 5.74) is -1.64. The van der Waals surface area contributed by atoms with Gasteiger partial charge in [0.2, 0.25) is 0 Å². The minimum absolute atomic E-state index is 0.113. The highest BCUT2D eigenvalue weighted by atomic mass is 32.2. The lowest BCUT2D eigenvalue weighted by Gasteiger charge is -2.12. The maximum absolute atomic E-state index is 13.2. The second kappa shape index (κ2) is 7.35. The summed E-state index contributed by atoms with van der Waals surface area (Å²) in [6.07, 6.45) is -3.42. The number of hydrogen-bond acceptors (Lipinski definition) is 4. The van der Waals surface area contributed by atoms with Gasteiger partial charge in [-0.1, -0.05) is 30.3 Å². The van der Waals surface area contributed by atoms with Crippen LogP contribution in [0.2, 0.25) is 0 Å². The SMILES string of the molecule is O=c1[nH]nc(-c2cc(NS(=O)(=O)/C=C/c3ccccc3)cc(C(F)(F)F)c2)[nH]1. The summed E-state index contributed by atoms with van der Waals surface area (Å²) in [5.74, 6) is -0.156. The molecule has 0 fully saturated rings. The van der Waals surface area contributed by atoms with E-state index in [2.05, 4.69) is 14.8 Å². The second-order valence-corrected chi connectivity index (χ2v) is 7.25. The van der Waals surface area contributed by atoms with E-state index >= 15 is 0 Å². The lowest BCUT2D eigenvalue weighted by molar-refractivity contribution is -0.137. The molecule has 28 heavy (non-hydrogen) atoms. The van der Waals surface area contributed by atoms with Gasteiger partial charge in [-0.3, -0.25) is 9.71 Å². The van der Waals surface area contributed by atoms with E-state index in [9.17, 15) is 26.4 Å². The van der Waals surface area contributed by atoms with E-state index in [0.717, 1.165) is 17.5 Å². The molecule has 0 spiro atoms. The Morgan fingerprint density at radius 3 is 2.39 bits per heavy atom. The minimum atomic E-state index is -4.73. The summed E-state index contributed by atoms with van der Waals surface area (Å²) in [4.78, 5) is 13.4. The summed E-state index contributed by atoms with van der Waals surface area (Å²) < 4.78 is 66.1. The monoisotopic (exact) mass is 410 g/mol. The highest BCUT2D eigenvalue weighted by Gasteiger charge is 2.32. The number of sulfonamides is 1. The first-order valence-electron chi connectivity index (χ1n) is 7.76. The van der Waals surface area contributed by atoms with Gasteiger partial charge in [0, 0.05) is 5.56 Å². The van der Waals surface area contributed by atoms with Crippen molar-refractivity contribution in [2.75, 3.05) is 4.72 Å². The van der Waals surface area contributed by atoms with E-state index in [1.54, 1.807) is 30.3 Å². The molecule has 0 unspecified atom stereocenters. The Balaban J connectivity index is 1.96. The van der Waals surface area contributed by atoms with Crippen LogP contribution in [0.1, 0.15) is 11.1 Å². The molecule has 0 aliphatic rings. The molecule has 1 heterocycles. The third-order valence-electron chi connectivity index (χ3n) is 3.53. The van der Waals surface area contributed by atoms with Gasteiger partial charge in [-0.2, -0.15) is 18.3 Å². The first-order valence-corrected chi connectivity index (χ1v) is 9.30. The molecule has 2 aromatic carbocycles. The van der Waals surface area contributed by atoms with Crippen LogP contribution in [0, 0.1) is 0 Å². The van der Waals surface area contributed by atoms with Gasteiger partial charge in [-0.15, -0.1) is 0 Å². The summed E-state index contributed by atoms with van der Waals surface area (Å²) >= 11 is 0. The molecule has 1 aromatic heterocycles. The van der Waals surface area contributed by atoms with Crippen LogP contribution in [0.15, 0.2) is 58.7 Å². The molecule has 0 atom stereocenters. The largest absolute Gasteiger partial charge is 0.416 e. The van der Waals surface area contributed by atoms with E-state index in [1.807, 2.05) is 5.10 Å². The number of alkyl halides is 3. The highest BCUT2D eigenvalue weighted by Crippen LogP contribution is 2.34. The van der Waals surface area contributed by atoms with Crippen molar-refractivity contribution in [2.24, 2.45) is 0 Å². The van der Waals surface area contributed by atoms with Crippen LogP contribution in [0.4, 0.5) is 18.9 Å². The van der Waals surface area contributed by atoms with Gasteiger partial charge in [-0.05, 0) is 29.8 Å². The molecule has 3 N–H and O–H groups in total. The van der Waals surface area contributed by atoms with E-state index in [0.29, 0.717) is 11.6 Å². The Labute approximate surface area is 157 Å². The molecule has 3 rings (SSSR count). The van der Waals surface area contributed by atoms with Crippen molar-refractivity contribution in [2.45, 2.75) is 6.18 Å². The number of aromatic nitrogens is 3. The van der Waals surface area contributed by atoms with Crippen LogP contribution in [0.25, 0.3) is 17.5 Å². The molecule has 0 amide bonds. The number of nitrogens with one attached hydrogen (secondary N) is 3. The predicted octanol–water partition coefficient (Wildman–Crippen LogP) is 3.20. The molecular formula is C17H13F3N4O3S. The number of nitrogens with zero attached hydrogens (tertiary/aromatic N) is 1. The molecule has 0 bridgehead atoms. The number of rotatable bonds is 5. The van der Waals surface area contributed by atoms with Gasteiger partial charge in [-0.25, -0.2) is 18.3 Å². The zero-order chi connectivity index (χ0) is 20.4. The lowest BCUT2D eigenvalue weighted by Crippen LogP contribution is -2.11. The molecule has 11 heteroatoms. The molecule has 3 aromatic rings. The molecule has 0 aliphatic heterocycles. The molecule has 0 saturated heterocycles. The van der Waals surface area contributed by atoms with Gasteiger partial charge < -0.3 is 0 Å². The van der Waals surface area contributed by atoms with Crippen LogP contribution >= 0.6 is 0 Å². The molecular weight excluding hydrogens is 397 g/mol. The Morgan fingerprint density at radius 1 is 1.07 bits per heavy atom. The lowest BCUT2D eigenvalue weighted by atomic mass is 10.1. The molecule has 0 radical (unpaired) electrons. The molecule has 0 saturated carbocycles.